The molecule has 1 spiro atoms. The normalized spacial score (nSPS) is 22.8. The highest BCUT2D eigenvalue weighted by Gasteiger charge is 2.55. The van der Waals surface area contributed by atoms with Crippen LogP contribution in [0.25, 0.3) is 0 Å². The molecule has 0 saturated heterocycles. The van der Waals surface area contributed by atoms with Gasteiger partial charge in [0.15, 0.2) is 11.5 Å². The molecule has 3 atom stereocenters. The number of nitrogens with zero attached hydrogens (tertiary/aromatic N) is 2. The van der Waals surface area contributed by atoms with E-state index in [1.54, 1.807) is 57.3 Å². The quantitative estimate of drug-likeness (QED) is 0.0939. The minimum atomic E-state index is -6.12. The van der Waals surface area contributed by atoms with Gasteiger partial charge >= 0.3 is 27.7 Å². The number of carbonyl (C=O) groups is 2. The van der Waals surface area contributed by atoms with Gasteiger partial charge in [0.2, 0.25) is 0 Å². The SMILES string of the molecule is COC(=O)C1(Nc2cccc(Cl)c2)CCC2(CC1)c1cc(OS(=O)(=O)C(F)(F)F)c(OCCN(C)C(=O)OC(C)(C)C)cc1C[C@@H]2C[C@@H](C)COc1ccnc2c1[C@H](C)CCC2. The molecule has 12 nitrogen and oxygen atoms in total. The van der Waals surface area contributed by atoms with Gasteiger partial charge in [-0.05, 0) is 149 Å². The van der Waals surface area contributed by atoms with Crippen molar-refractivity contribution in [1.82, 2.24) is 9.88 Å². The van der Waals surface area contributed by atoms with E-state index in [1.807, 2.05) is 6.07 Å². The highest BCUT2D eigenvalue weighted by atomic mass is 35.5. The van der Waals surface area contributed by atoms with Gasteiger partial charge in [-0.2, -0.15) is 21.6 Å². The van der Waals surface area contributed by atoms with Crippen LogP contribution in [0.3, 0.4) is 0 Å². The molecule has 1 N–H and O–H groups in total. The molecule has 1 saturated carbocycles. The highest BCUT2D eigenvalue weighted by Crippen LogP contribution is 2.58. The van der Waals surface area contributed by atoms with Crippen LogP contribution in [0.4, 0.5) is 23.7 Å². The minimum Gasteiger partial charge on any atom is -0.493 e. The first kappa shape index (κ1) is 47.0. The van der Waals surface area contributed by atoms with Crippen molar-refractivity contribution in [2.45, 2.75) is 120 Å². The molecule has 1 fully saturated rings. The molecule has 1 aromatic heterocycles. The van der Waals surface area contributed by atoms with E-state index in [-0.39, 0.29) is 43.6 Å². The van der Waals surface area contributed by atoms with Crippen LogP contribution in [0.1, 0.15) is 108 Å². The summed E-state index contributed by atoms with van der Waals surface area (Å²) >= 11 is 6.31. The monoisotopic (exact) mass is 907 g/mol. The largest absolute Gasteiger partial charge is 0.534 e. The average Bonchev–Trinajstić information content (AvgIpc) is 3.46. The first-order valence-electron chi connectivity index (χ1n) is 21.0. The predicted molar refractivity (Wildman–Crippen MR) is 228 cm³/mol. The summed E-state index contributed by atoms with van der Waals surface area (Å²) < 4.78 is 94.9. The number of nitrogens with one attached hydrogen (secondary N) is 1. The number of halogens is 4. The Hall–Kier alpha value is -4.44. The number of amides is 1. The maximum Gasteiger partial charge on any atom is 0.534 e. The summed E-state index contributed by atoms with van der Waals surface area (Å²) in [6.45, 7) is 9.56. The number of carbonyl (C=O) groups excluding carboxylic acids is 2. The van der Waals surface area contributed by atoms with Gasteiger partial charge in [-0.3, -0.25) is 4.98 Å². The van der Waals surface area contributed by atoms with Crippen molar-refractivity contribution in [3.05, 3.63) is 76.1 Å². The zero-order valence-electron chi connectivity index (χ0n) is 36.3. The number of pyridine rings is 1. The Balaban J connectivity index is 1.34. The Morgan fingerprint density at radius 2 is 1.76 bits per heavy atom. The van der Waals surface area contributed by atoms with E-state index in [0.29, 0.717) is 54.5 Å². The van der Waals surface area contributed by atoms with Crippen molar-refractivity contribution in [2.24, 2.45) is 11.8 Å². The van der Waals surface area contributed by atoms with Crippen molar-refractivity contribution in [3.8, 4) is 17.2 Å². The molecular formula is C45H57ClF3N3O9S. The van der Waals surface area contributed by atoms with Gasteiger partial charge in [-0.15, -0.1) is 0 Å². The van der Waals surface area contributed by atoms with Gasteiger partial charge in [0, 0.05) is 35.2 Å². The molecule has 3 aromatic rings. The third kappa shape index (κ3) is 10.3. The Morgan fingerprint density at radius 1 is 1.03 bits per heavy atom. The van der Waals surface area contributed by atoms with Crippen LogP contribution in [0.5, 0.6) is 17.2 Å². The molecule has 3 aliphatic carbocycles. The number of esters is 1. The van der Waals surface area contributed by atoms with E-state index in [2.05, 4.69) is 24.1 Å². The number of likely N-dealkylation sites (N-methyl/N-ethyl adjacent to an activating group) is 1. The van der Waals surface area contributed by atoms with E-state index < -0.39 is 50.0 Å². The van der Waals surface area contributed by atoms with Gasteiger partial charge in [0.05, 0.1) is 20.3 Å². The number of hydrogen-bond acceptors (Lipinski definition) is 11. The summed E-state index contributed by atoms with van der Waals surface area (Å²) in [5.74, 6) is -0.293. The lowest BCUT2D eigenvalue weighted by atomic mass is 9.59. The molecule has 2 aromatic carbocycles. The van der Waals surface area contributed by atoms with E-state index >= 15 is 0 Å². The smallest absolute Gasteiger partial charge is 0.493 e. The van der Waals surface area contributed by atoms with Crippen molar-refractivity contribution in [3.63, 3.8) is 0 Å². The number of methoxy groups -OCH3 is 1. The number of alkyl halides is 3. The lowest BCUT2D eigenvalue weighted by Crippen LogP contribution is -2.53. The fourth-order valence-corrected chi connectivity index (χ4v) is 10.0. The molecule has 0 aliphatic heterocycles. The minimum absolute atomic E-state index is 0.00575. The summed E-state index contributed by atoms with van der Waals surface area (Å²) in [4.78, 5) is 32.1. The number of fused-ring (bicyclic) bond motifs is 3. The first-order chi connectivity index (χ1) is 29.1. The molecule has 3 aliphatic rings. The third-order valence-electron chi connectivity index (χ3n) is 12.4. The topological polar surface area (TPSA) is 143 Å². The fraction of sp³-hybridized carbons (Fsp3) is 0.578. The van der Waals surface area contributed by atoms with Crippen LogP contribution >= 0.6 is 11.6 Å². The molecule has 340 valence electrons. The summed E-state index contributed by atoms with van der Waals surface area (Å²) in [5.41, 5.74) is -4.19. The van der Waals surface area contributed by atoms with Gasteiger partial charge in [0.25, 0.3) is 0 Å². The van der Waals surface area contributed by atoms with Gasteiger partial charge in [0.1, 0.15) is 23.5 Å². The molecule has 1 heterocycles. The van der Waals surface area contributed by atoms with Crippen molar-refractivity contribution in [2.75, 3.05) is 39.2 Å². The Morgan fingerprint density at radius 3 is 2.42 bits per heavy atom. The molecule has 62 heavy (non-hydrogen) atoms. The number of benzene rings is 2. The molecular weight excluding hydrogens is 851 g/mol. The van der Waals surface area contributed by atoms with Crippen molar-refractivity contribution in [1.29, 1.82) is 0 Å². The maximum absolute atomic E-state index is 13.9. The van der Waals surface area contributed by atoms with E-state index in [0.717, 1.165) is 41.8 Å². The van der Waals surface area contributed by atoms with Crippen LogP contribution in [0, 0.1) is 11.8 Å². The number of aromatic nitrogens is 1. The second-order valence-corrected chi connectivity index (χ2v) is 20.0. The van der Waals surface area contributed by atoms with E-state index in [4.69, 9.17) is 34.7 Å². The summed E-state index contributed by atoms with van der Waals surface area (Å²) in [7, 11) is -3.32. The molecule has 0 radical (unpaired) electrons. The molecule has 1 amide bonds. The first-order valence-corrected chi connectivity index (χ1v) is 22.8. The predicted octanol–water partition coefficient (Wildman–Crippen LogP) is 9.76. The summed E-state index contributed by atoms with van der Waals surface area (Å²) in [5, 5.41) is 3.86. The van der Waals surface area contributed by atoms with Gasteiger partial charge in [-0.25, -0.2) is 9.59 Å². The maximum atomic E-state index is 13.9. The van der Waals surface area contributed by atoms with Crippen LogP contribution in [0.2, 0.25) is 5.02 Å². The number of rotatable bonds is 14. The van der Waals surface area contributed by atoms with E-state index in [1.165, 1.54) is 25.1 Å². The summed E-state index contributed by atoms with van der Waals surface area (Å²) in [6.07, 6.45) is 6.62. The zero-order chi connectivity index (χ0) is 45.3. The van der Waals surface area contributed by atoms with Crippen LogP contribution < -0.4 is 19.0 Å². The lowest BCUT2D eigenvalue weighted by molar-refractivity contribution is -0.148. The van der Waals surface area contributed by atoms with Crippen molar-refractivity contribution < 1.29 is 54.3 Å². The van der Waals surface area contributed by atoms with Gasteiger partial charge in [-0.1, -0.05) is 31.5 Å². The number of aryl methyl sites for hydroxylation is 1. The number of hydrogen-bond donors (Lipinski definition) is 1. The zero-order valence-corrected chi connectivity index (χ0v) is 37.9. The van der Waals surface area contributed by atoms with Gasteiger partial charge < -0.3 is 33.3 Å². The second-order valence-electron chi connectivity index (χ2n) is 18.1. The Kier molecular flexibility index (Phi) is 13.9. The van der Waals surface area contributed by atoms with E-state index in [9.17, 15) is 31.2 Å². The molecule has 6 rings (SSSR count). The molecule has 0 bridgehead atoms. The Bertz CT molecular complexity index is 2230. The van der Waals surface area contributed by atoms with Crippen LogP contribution in [-0.4, -0.2) is 80.9 Å². The third-order valence-corrected chi connectivity index (χ3v) is 13.6. The lowest BCUT2D eigenvalue weighted by Gasteiger charge is -2.47. The molecule has 17 heteroatoms. The number of anilines is 1. The highest BCUT2D eigenvalue weighted by molar-refractivity contribution is 7.88. The van der Waals surface area contributed by atoms with Crippen LogP contribution in [0.15, 0.2) is 48.7 Å². The average molecular weight is 908 g/mol. The van der Waals surface area contributed by atoms with Crippen LogP contribution in [-0.2, 0) is 42.6 Å². The fourth-order valence-electron chi connectivity index (χ4n) is 9.36. The Labute approximate surface area is 367 Å². The van der Waals surface area contributed by atoms with Crippen molar-refractivity contribution >= 4 is 39.5 Å². The number of ether oxygens (including phenoxy) is 4. The second kappa shape index (κ2) is 18.3. The standard InChI is InChI=1S/C45H57ClF3N3O9S/c1-28(27-59-36-14-19-50-35-13-8-10-29(2)39(35)36)22-31-23-30-24-37(58-21-20-52(6)41(54)60-42(3,4)5)38(61-62(55,56)45(47,48)49)26-34(30)43(31)15-17-44(18-16-43,40(53)57-7)51-33-12-9-11-32(46)25-33/h9,11-12,14,19,24-26,28-29,31,51H,8,10,13,15-18,20-23,27H2,1-7H3/t28-,29-,31+,43?,44?/m1/s1. The molecule has 0 unspecified atom stereocenters. The summed E-state index contributed by atoms with van der Waals surface area (Å²) in [6, 6.07) is 11.8.